The molecule has 27 heavy (non-hydrogen) atoms. The monoisotopic (exact) mass is 367 g/mol. The second kappa shape index (κ2) is 7.21. The van der Waals surface area contributed by atoms with Crippen LogP contribution in [0.4, 0.5) is 0 Å². The van der Waals surface area contributed by atoms with Crippen molar-refractivity contribution in [3.63, 3.8) is 0 Å². The maximum Gasteiger partial charge on any atom is 0.242 e. The fraction of sp³-hybridized carbons (Fsp3) is 0.696. The molecule has 2 heterocycles. The average molecular weight is 368 g/mol. The predicted octanol–water partition coefficient (Wildman–Crippen LogP) is 3.80. The minimum Gasteiger partial charge on any atom is -0.300 e. The number of fused-ring (bicyclic) bond motifs is 1. The molecule has 2 N–H and O–H groups in total. The van der Waals surface area contributed by atoms with Crippen LogP contribution in [0, 0.1) is 17.3 Å². The number of benzene rings is 1. The average Bonchev–Trinajstić information content (AvgIpc) is 3.04. The highest BCUT2D eigenvalue weighted by atomic mass is 16.2. The van der Waals surface area contributed by atoms with Gasteiger partial charge in [-0.2, -0.15) is 0 Å². The van der Waals surface area contributed by atoms with E-state index < -0.39 is 0 Å². The Hall–Kier alpha value is -1.39. The number of nitrogens with zero attached hydrogens (tertiary/aromatic N) is 1. The van der Waals surface area contributed by atoms with Gasteiger partial charge in [-0.15, -0.1) is 0 Å². The first kappa shape index (κ1) is 17.7. The Labute approximate surface area is 163 Å². The zero-order valence-corrected chi connectivity index (χ0v) is 16.3. The summed E-state index contributed by atoms with van der Waals surface area (Å²) in [6, 6.07) is 11.4. The maximum atomic E-state index is 12.8. The van der Waals surface area contributed by atoms with Crippen LogP contribution in [-0.2, 0) is 4.79 Å². The van der Waals surface area contributed by atoms with Gasteiger partial charge in [0, 0.05) is 6.04 Å². The fourth-order valence-electron chi connectivity index (χ4n) is 6.56. The van der Waals surface area contributed by atoms with Crippen LogP contribution < -0.4 is 10.9 Å². The van der Waals surface area contributed by atoms with Gasteiger partial charge in [0.25, 0.3) is 0 Å². The number of rotatable bonds is 2. The van der Waals surface area contributed by atoms with E-state index in [-0.39, 0.29) is 17.4 Å². The molecule has 0 radical (unpaired) electrons. The van der Waals surface area contributed by atoms with E-state index in [1.54, 1.807) is 0 Å². The van der Waals surface area contributed by atoms with Gasteiger partial charge in [-0.1, -0.05) is 56.0 Å². The van der Waals surface area contributed by atoms with Crippen molar-refractivity contribution in [2.24, 2.45) is 17.3 Å². The Balaban J connectivity index is 1.27. The molecular weight excluding hydrogens is 334 g/mol. The number of hydrogen-bond donors (Lipinski definition) is 2. The van der Waals surface area contributed by atoms with Gasteiger partial charge in [0.1, 0.15) is 0 Å². The molecule has 4 fully saturated rings. The molecule has 2 saturated carbocycles. The summed E-state index contributed by atoms with van der Waals surface area (Å²) >= 11 is 0. The molecule has 1 amide bonds. The largest absolute Gasteiger partial charge is 0.300 e. The second-order valence-electron chi connectivity index (χ2n) is 9.41. The maximum absolute atomic E-state index is 12.8. The van der Waals surface area contributed by atoms with Gasteiger partial charge in [0.2, 0.25) is 5.91 Å². The summed E-state index contributed by atoms with van der Waals surface area (Å²) in [7, 11) is 0. The van der Waals surface area contributed by atoms with E-state index in [2.05, 4.69) is 40.0 Å². The van der Waals surface area contributed by atoms with E-state index in [9.17, 15) is 4.79 Å². The molecule has 1 aromatic rings. The summed E-state index contributed by atoms with van der Waals surface area (Å²) in [4.78, 5) is 15.5. The molecular formula is C23H33N3O. The minimum absolute atomic E-state index is 0.0995. The van der Waals surface area contributed by atoms with Gasteiger partial charge < -0.3 is 4.90 Å². The van der Waals surface area contributed by atoms with Gasteiger partial charge in [-0.3, -0.25) is 10.2 Å². The van der Waals surface area contributed by atoms with Crippen molar-refractivity contribution in [3.05, 3.63) is 35.9 Å². The molecule has 4 nitrogen and oxygen atoms in total. The highest BCUT2D eigenvalue weighted by Crippen LogP contribution is 2.48. The number of amides is 1. The van der Waals surface area contributed by atoms with E-state index in [1.807, 2.05) is 6.07 Å². The standard InChI is InChI=1S/C23H33N3O/c27-22-23(21(24-25-22)18-7-2-1-3-8-18)12-14-26(15-13-23)20-11-10-17-6-4-5-9-19(17)16-20/h1-3,7-8,17,19-21,24H,4-6,9-16H2,(H,25,27). The van der Waals surface area contributed by atoms with Crippen LogP contribution in [0.25, 0.3) is 0 Å². The van der Waals surface area contributed by atoms with Crippen molar-refractivity contribution in [1.82, 2.24) is 15.8 Å². The number of carbonyl (C=O) groups excluding carboxylic acids is 1. The lowest BCUT2D eigenvalue weighted by Gasteiger charge is -2.47. The van der Waals surface area contributed by atoms with Gasteiger partial charge in [0.15, 0.2) is 0 Å². The molecule has 146 valence electrons. The van der Waals surface area contributed by atoms with Gasteiger partial charge in [0.05, 0.1) is 11.5 Å². The number of hydrazine groups is 1. The smallest absolute Gasteiger partial charge is 0.242 e. The third-order valence-electron chi connectivity index (χ3n) is 8.19. The van der Waals surface area contributed by atoms with E-state index in [0.717, 1.165) is 43.8 Å². The first-order valence-corrected chi connectivity index (χ1v) is 11.1. The second-order valence-corrected chi connectivity index (χ2v) is 9.41. The van der Waals surface area contributed by atoms with Gasteiger partial charge in [-0.05, 0) is 62.6 Å². The number of carbonyl (C=O) groups is 1. The minimum atomic E-state index is -0.278. The Bertz CT molecular complexity index is 667. The third kappa shape index (κ3) is 3.11. The van der Waals surface area contributed by atoms with E-state index >= 15 is 0 Å². The Morgan fingerprint density at radius 1 is 0.926 bits per heavy atom. The van der Waals surface area contributed by atoms with Crippen molar-refractivity contribution in [2.75, 3.05) is 13.1 Å². The first-order chi connectivity index (χ1) is 13.3. The van der Waals surface area contributed by atoms with E-state index in [1.165, 1.54) is 50.5 Å². The fourth-order valence-corrected chi connectivity index (χ4v) is 6.56. The molecule has 0 aromatic heterocycles. The molecule has 4 unspecified atom stereocenters. The Kier molecular flexibility index (Phi) is 4.73. The molecule has 1 spiro atoms. The predicted molar refractivity (Wildman–Crippen MR) is 107 cm³/mol. The van der Waals surface area contributed by atoms with Crippen molar-refractivity contribution in [2.45, 2.75) is 69.9 Å². The van der Waals surface area contributed by atoms with Gasteiger partial charge >= 0.3 is 0 Å². The molecule has 5 rings (SSSR count). The summed E-state index contributed by atoms with van der Waals surface area (Å²) in [6.45, 7) is 2.14. The molecule has 2 saturated heterocycles. The molecule has 2 aliphatic heterocycles. The molecule has 4 aliphatic rings. The normalized spacial score (nSPS) is 36.4. The van der Waals surface area contributed by atoms with Crippen molar-refractivity contribution >= 4 is 5.91 Å². The molecule has 2 aliphatic carbocycles. The number of hydrogen-bond acceptors (Lipinski definition) is 3. The highest BCUT2D eigenvalue weighted by molar-refractivity contribution is 5.85. The van der Waals surface area contributed by atoms with Crippen molar-refractivity contribution in [3.8, 4) is 0 Å². The molecule has 4 heteroatoms. The topological polar surface area (TPSA) is 44.4 Å². The van der Waals surface area contributed by atoms with Crippen LogP contribution in [0.1, 0.15) is 69.4 Å². The zero-order valence-electron chi connectivity index (χ0n) is 16.3. The first-order valence-electron chi connectivity index (χ1n) is 11.1. The number of likely N-dealkylation sites (tertiary alicyclic amines) is 1. The van der Waals surface area contributed by atoms with Crippen LogP contribution in [0.3, 0.4) is 0 Å². The molecule has 0 bridgehead atoms. The Morgan fingerprint density at radius 2 is 1.67 bits per heavy atom. The van der Waals surface area contributed by atoms with Crippen LogP contribution in [0.2, 0.25) is 0 Å². The van der Waals surface area contributed by atoms with Crippen LogP contribution in [0.15, 0.2) is 30.3 Å². The molecule has 1 aromatic carbocycles. The third-order valence-corrected chi connectivity index (χ3v) is 8.19. The summed E-state index contributed by atoms with van der Waals surface area (Å²) < 4.78 is 0. The van der Waals surface area contributed by atoms with Crippen molar-refractivity contribution in [1.29, 1.82) is 0 Å². The summed E-state index contributed by atoms with van der Waals surface area (Å²) in [5.41, 5.74) is 7.20. The van der Waals surface area contributed by atoms with Crippen LogP contribution in [-0.4, -0.2) is 29.9 Å². The summed E-state index contributed by atoms with van der Waals surface area (Å²) in [5.74, 6) is 2.19. The number of piperidine rings is 1. The van der Waals surface area contributed by atoms with Crippen LogP contribution >= 0.6 is 0 Å². The highest BCUT2D eigenvalue weighted by Gasteiger charge is 2.53. The van der Waals surface area contributed by atoms with E-state index in [4.69, 9.17) is 0 Å². The molecule has 4 atom stereocenters. The Morgan fingerprint density at radius 3 is 2.44 bits per heavy atom. The SMILES string of the molecule is O=C1NNC(c2ccccc2)C12CCN(C1CCC3CCCCC3C1)CC2. The van der Waals surface area contributed by atoms with Crippen LogP contribution in [0.5, 0.6) is 0 Å². The summed E-state index contributed by atoms with van der Waals surface area (Å²) in [5, 5.41) is 0. The summed E-state index contributed by atoms with van der Waals surface area (Å²) in [6.07, 6.45) is 12.0. The lowest BCUT2D eigenvalue weighted by molar-refractivity contribution is -0.131. The van der Waals surface area contributed by atoms with E-state index in [0.29, 0.717) is 0 Å². The van der Waals surface area contributed by atoms with Gasteiger partial charge in [-0.25, -0.2) is 5.43 Å². The quantitative estimate of drug-likeness (QED) is 0.836. The zero-order chi connectivity index (χ0) is 18.3. The number of nitrogens with one attached hydrogen (secondary N) is 2. The lowest BCUT2D eigenvalue weighted by atomic mass is 9.67. The van der Waals surface area contributed by atoms with Crippen molar-refractivity contribution < 1.29 is 4.79 Å². The lowest BCUT2D eigenvalue weighted by Crippen LogP contribution is -2.51.